The molecule has 1 N–H and O–H groups in total. The summed E-state index contributed by atoms with van der Waals surface area (Å²) in [4.78, 5) is 17.3. The van der Waals surface area contributed by atoms with Crippen molar-refractivity contribution in [2.45, 2.75) is 25.2 Å². The fourth-order valence-corrected chi connectivity index (χ4v) is 2.96. The molecule has 1 aliphatic heterocycles. The number of aromatic nitrogens is 2. The summed E-state index contributed by atoms with van der Waals surface area (Å²) >= 11 is 5.88. The molecule has 3 rings (SSSR count). The molecule has 2 heterocycles. The Hall–Kier alpha value is -1.92. The molecular weight excluding hydrogens is 318 g/mol. The molecule has 1 aromatic heterocycles. The topological polar surface area (TPSA) is 79.5 Å². The smallest absolute Gasteiger partial charge is 0.304 e. The van der Waals surface area contributed by atoms with Crippen LogP contribution in [0.25, 0.3) is 11.4 Å². The zero-order chi connectivity index (χ0) is 16.2. The van der Waals surface area contributed by atoms with Crippen molar-refractivity contribution in [3.05, 3.63) is 35.2 Å². The van der Waals surface area contributed by atoms with Gasteiger partial charge in [-0.05, 0) is 43.7 Å². The highest BCUT2D eigenvalue weighted by Crippen LogP contribution is 2.28. The molecule has 0 spiro atoms. The number of aliphatic carboxylic acids is 1. The number of carboxylic acid groups (broad SMARTS) is 1. The Kier molecular flexibility index (Phi) is 4.93. The summed E-state index contributed by atoms with van der Waals surface area (Å²) in [6, 6.07) is 7.30. The largest absolute Gasteiger partial charge is 0.481 e. The minimum atomic E-state index is -0.769. The van der Waals surface area contributed by atoms with Gasteiger partial charge in [0.05, 0.1) is 12.3 Å². The molecule has 122 valence electrons. The van der Waals surface area contributed by atoms with Crippen LogP contribution in [-0.2, 0) is 4.79 Å². The lowest BCUT2D eigenvalue weighted by Gasteiger charge is -2.30. The average Bonchev–Trinajstić information content (AvgIpc) is 3.04. The molecule has 0 saturated carbocycles. The van der Waals surface area contributed by atoms with Gasteiger partial charge < -0.3 is 14.5 Å². The van der Waals surface area contributed by atoms with Gasteiger partial charge in [0.2, 0.25) is 11.7 Å². The normalized spacial score (nSPS) is 18.9. The monoisotopic (exact) mass is 335 g/mol. The predicted molar refractivity (Wildman–Crippen MR) is 85.4 cm³/mol. The van der Waals surface area contributed by atoms with Gasteiger partial charge in [0.25, 0.3) is 0 Å². The second-order valence-electron chi connectivity index (χ2n) is 5.75. The second-order valence-corrected chi connectivity index (χ2v) is 6.18. The zero-order valence-corrected chi connectivity index (χ0v) is 13.4. The van der Waals surface area contributed by atoms with Crippen LogP contribution in [0.15, 0.2) is 28.8 Å². The molecule has 0 unspecified atom stereocenters. The van der Waals surface area contributed by atoms with Gasteiger partial charge in [0.1, 0.15) is 0 Å². The first kappa shape index (κ1) is 16.0. The summed E-state index contributed by atoms with van der Waals surface area (Å²) in [5.74, 6) is 0.565. The SMILES string of the molecule is O=C(O)CCN1CCC[C@@H](c2nc(-c3ccc(Cl)cc3)no2)C1. The van der Waals surface area contributed by atoms with Crippen LogP contribution in [0, 0.1) is 0 Å². The highest BCUT2D eigenvalue weighted by molar-refractivity contribution is 6.30. The van der Waals surface area contributed by atoms with Crippen molar-refractivity contribution >= 4 is 17.6 Å². The molecule has 0 amide bonds. The van der Waals surface area contributed by atoms with Gasteiger partial charge in [0.15, 0.2) is 0 Å². The van der Waals surface area contributed by atoms with E-state index in [1.54, 1.807) is 12.1 Å². The number of hydrogen-bond donors (Lipinski definition) is 1. The van der Waals surface area contributed by atoms with E-state index in [1.807, 2.05) is 12.1 Å². The van der Waals surface area contributed by atoms with Crippen LogP contribution in [0.5, 0.6) is 0 Å². The van der Waals surface area contributed by atoms with Gasteiger partial charge in [0, 0.05) is 23.7 Å². The number of nitrogens with zero attached hydrogens (tertiary/aromatic N) is 3. The third-order valence-electron chi connectivity index (χ3n) is 4.04. The van der Waals surface area contributed by atoms with Gasteiger partial charge >= 0.3 is 5.97 Å². The number of carbonyl (C=O) groups is 1. The van der Waals surface area contributed by atoms with Gasteiger partial charge in [-0.1, -0.05) is 16.8 Å². The Bertz CT molecular complexity index is 671. The summed E-state index contributed by atoms with van der Waals surface area (Å²) in [5, 5.41) is 13.5. The average molecular weight is 336 g/mol. The van der Waals surface area contributed by atoms with E-state index >= 15 is 0 Å². The van der Waals surface area contributed by atoms with E-state index in [0.29, 0.717) is 23.3 Å². The highest BCUT2D eigenvalue weighted by Gasteiger charge is 2.26. The third-order valence-corrected chi connectivity index (χ3v) is 4.29. The number of benzene rings is 1. The van der Waals surface area contributed by atoms with Gasteiger partial charge in [-0.15, -0.1) is 0 Å². The quantitative estimate of drug-likeness (QED) is 0.904. The Morgan fingerprint density at radius 1 is 1.39 bits per heavy atom. The zero-order valence-electron chi connectivity index (χ0n) is 12.6. The predicted octanol–water partition coefficient (Wildman–Crippen LogP) is 3.04. The molecule has 1 saturated heterocycles. The molecular formula is C16H18ClN3O3. The van der Waals surface area contributed by atoms with Crippen LogP contribution in [0.4, 0.5) is 0 Å². The molecule has 2 aromatic rings. The number of piperidine rings is 1. The Balaban J connectivity index is 1.67. The number of halogens is 1. The molecule has 0 radical (unpaired) electrons. The van der Waals surface area contributed by atoms with E-state index in [9.17, 15) is 4.79 Å². The standard InChI is InChI=1S/C16H18ClN3O3/c17-13-5-3-11(4-6-13)15-18-16(23-19-15)12-2-1-8-20(10-12)9-7-14(21)22/h3-6,12H,1-2,7-10H2,(H,21,22)/t12-/m1/s1. The first-order valence-corrected chi connectivity index (χ1v) is 8.03. The first-order valence-electron chi connectivity index (χ1n) is 7.65. The Morgan fingerprint density at radius 2 is 2.17 bits per heavy atom. The maximum Gasteiger partial charge on any atom is 0.304 e. The van der Waals surface area contributed by atoms with E-state index in [-0.39, 0.29) is 12.3 Å². The number of hydrogen-bond acceptors (Lipinski definition) is 5. The van der Waals surface area contributed by atoms with Crippen molar-refractivity contribution in [3.8, 4) is 11.4 Å². The Morgan fingerprint density at radius 3 is 2.91 bits per heavy atom. The maximum atomic E-state index is 10.7. The summed E-state index contributed by atoms with van der Waals surface area (Å²) in [5.41, 5.74) is 0.864. The molecule has 6 nitrogen and oxygen atoms in total. The van der Waals surface area contributed by atoms with Crippen LogP contribution < -0.4 is 0 Å². The molecule has 23 heavy (non-hydrogen) atoms. The Labute approximate surface area is 139 Å². The lowest BCUT2D eigenvalue weighted by atomic mass is 9.98. The third kappa shape index (κ3) is 4.09. The van der Waals surface area contributed by atoms with Crippen LogP contribution in [0.3, 0.4) is 0 Å². The fourth-order valence-electron chi connectivity index (χ4n) is 2.83. The van der Waals surface area contributed by atoms with Crippen molar-refractivity contribution in [3.63, 3.8) is 0 Å². The van der Waals surface area contributed by atoms with E-state index < -0.39 is 5.97 Å². The lowest BCUT2D eigenvalue weighted by molar-refractivity contribution is -0.137. The molecule has 1 aliphatic rings. The van der Waals surface area contributed by atoms with Crippen LogP contribution in [-0.4, -0.2) is 45.8 Å². The van der Waals surface area contributed by atoms with Crippen LogP contribution in [0.2, 0.25) is 5.02 Å². The van der Waals surface area contributed by atoms with Crippen LogP contribution in [0.1, 0.15) is 31.1 Å². The minimum absolute atomic E-state index is 0.158. The van der Waals surface area contributed by atoms with Gasteiger partial charge in [-0.2, -0.15) is 4.98 Å². The van der Waals surface area contributed by atoms with Gasteiger partial charge in [-0.25, -0.2) is 0 Å². The van der Waals surface area contributed by atoms with Crippen molar-refractivity contribution in [1.29, 1.82) is 0 Å². The van der Waals surface area contributed by atoms with E-state index in [4.69, 9.17) is 21.2 Å². The van der Waals surface area contributed by atoms with Crippen LogP contribution >= 0.6 is 11.6 Å². The summed E-state index contributed by atoms with van der Waals surface area (Å²) in [6.07, 6.45) is 2.14. The molecule has 1 aromatic carbocycles. The number of carboxylic acids is 1. The van der Waals surface area contributed by atoms with Crippen molar-refractivity contribution < 1.29 is 14.4 Å². The second kappa shape index (κ2) is 7.10. The van der Waals surface area contributed by atoms with E-state index in [2.05, 4.69) is 15.0 Å². The van der Waals surface area contributed by atoms with Crippen molar-refractivity contribution in [1.82, 2.24) is 15.0 Å². The van der Waals surface area contributed by atoms with Gasteiger partial charge in [-0.3, -0.25) is 4.79 Å². The molecule has 1 atom stereocenters. The van der Waals surface area contributed by atoms with E-state index in [0.717, 1.165) is 31.5 Å². The summed E-state index contributed by atoms with van der Waals surface area (Å²) in [6.45, 7) is 2.24. The molecule has 0 bridgehead atoms. The lowest BCUT2D eigenvalue weighted by Crippen LogP contribution is -2.35. The minimum Gasteiger partial charge on any atom is -0.481 e. The number of likely N-dealkylation sites (tertiary alicyclic amines) is 1. The van der Waals surface area contributed by atoms with E-state index in [1.165, 1.54) is 0 Å². The highest BCUT2D eigenvalue weighted by atomic mass is 35.5. The maximum absolute atomic E-state index is 10.7. The number of rotatable bonds is 5. The molecule has 0 aliphatic carbocycles. The fraction of sp³-hybridized carbons (Fsp3) is 0.438. The van der Waals surface area contributed by atoms with Crippen molar-refractivity contribution in [2.75, 3.05) is 19.6 Å². The molecule has 7 heteroatoms. The first-order chi connectivity index (χ1) is 11.1. The summed E-state index contributed by atoms with van der Waals surface area (Å²) < 4.78 is 5.43. The van der Waals surface area contributed by atoms with Crippen molar-refractivity contribution in [2.24, 2.45) is 0 Å². The molecule has 1 fully saturated rings. The summed E-state index contributed by atoms with van der Waals surface area (Å²) in [7, 11) is 0.